The first kappa shape index (κ1) is 19.9. The zero-order valence-corrected chi connectivity index (χ0v) is 18.4. The molecule has 0 aliphatic carbocycles. The summed E-state index contributed by atoms with van der Waals surface area (Å²) in [5, 5.41) is 8.38. The highest BCUT2D eigenvalue weighted by Gasteiger charge is 2.14. The molecule has 0 saturated heterocycles. The van der Waals surface area contributed by atoms with E-state index in [1.807, 2.05) is 30.5 Å². The Hall–Kier alpha value is -4.79. The number of imidazole rings is 1. The molecule has 0 spiro atoms. The van der Waals surface area contributed by atoms with Crippen molar-refractivity contribution in [1.29, 1.82) is 0 Å². The van der Waals surface area contributed by atoms with Gasteiger partial charge in [0, 0.05) is 48.0 Å². The zero-order valence-electron chi connectivity index (χ0n) is 18.4. The number of aromatic nitrogens is 6. The average molecular weight is 448 g/mol. The number of benzene rings is 3. The molecule has 0 saturated carbocycles. The first-order valence-corrected chi connectivity index (χ1v) is 10.8. The zero-order chi connectivity index (χ0) is 23.1. The van der Waals surface area contributed by atoms with Crippen molar-refractivity contribution in [2.75, 3.05) is 23.4 Å². The fourth-order valence-electron chi connectivity index (χ4n) is 4.17. The van der Waals surface area contributed by atoms with Crippen LogP contribution in [0.3, 0.4) is 0 Å². The highest BCUT2D eigenvalue weighted by molar-refractivity contribution is 5.98. The van der Waals surface area contributed by atoms with Gasteiger partial charge in [-0.05, 0) is 41.5 Å². The number of H-pyrrole nitrogens is 1. The summed E-state index contributed by atoms with van der Waals surface area (Å²) in [6.45, 7) is 0.599. The summed E-state index contributed by atoms with van der Waals surface area (Å²) in [6, 6.07) is 16.3. The lowest BCUT2D eigenvalue weighted by Crippen LogP contribution is -2.04. The van der Waals surface area contributed by atoms with Gasteiger partial charge in [-0.25, -0.2) is 24.9 Å². The third kappa shape index (κ3) is 3.49. The molecule has 0 amide bonds. The molecule has 0 unspecified atom stereocenters. The molecule has 0 radical (unpaired) electrons. The van der Waals surface area contributed by atoms with E-state index >= 15 is 0 Å². The first-order valence-electron chi connectivity index (χ1n) is 10.8. The van der Waals surface area contributed by atoms with Crippen molar-refractivity contribution < 1.29 is 0 Å². The number of nitrogen functional groups attached to an aromatic ring is 1. The maximum atomic E-state index is 5.98. The standard InChI is InChI=1S/C25H21N9/c1-27-25-30-12-17-8-14(4-6-19(17)33-25)22-15(2-3-16-11-29-24(26)34-23(16)22)10-28-18-5-7-20-21(9-18)32-13-31-20/h2-9,11-13,28H,10H2,1H3,(H,31,32)(H2,26,29,34)(H,27,30,33). The Bertz CT molecular complexity index is 1670. The van der Waals surface area contributed by atoms with Gasteiger partial charge < -0.3 is 21.4 Å². The van der Waals surface area contributed by atoms with Crippen molar-refractivity contribution in [3.8, 4) is 11.1 Å². The molecule has 9 heteroatoms. The molecule has 3 aromatic carbocycles. The smallest absolute Gasteiger partial charge is 0.222 e. The van der Waals surface area contributed by atoms with Crippen LogP contribution < -0.4 is 16.4 Å². The van der Waals surface area contributed by atoms with Gasteiger partial charge in [0.1, 0.15) is 0 Å². The second-order valence-electron chi connectivity index (χ2n) is 7.97. The number of fused-ring (bicyclic) bond motifs is 3. The van der Waals surface area contributed by atoms with Crippen LogP contribution in [0.2, 0.25) is 0 Å². The van der Waals surface area contributed by atoms with Gasteiger partial charge >= 0.3 is 0 Å². The van der Waals surface area contributed by atoms with E-state index in [1.54, 1.807) is 19.6 Å². The first-order chi connectivity index (χ1) is 16.7. The van der Waals surface area contributed by atoms with E-state index in [9.17, 15) is 0 Å². The predicted octanol–water partition coefficient (Wildman–Crippen LogP) is 4.35. The van der Waals surface area contributed by atoms with Gasteiger partial charge in [0.15, 0.2) is 0 Å². The third-order valence-corrected chi connectivity index (χ3v) is 5.85. The number of rotatable bonds is 5. The summed E-state index contributed by atoms with van der Waals surface area (Å²) in [7, 11) is 1.80. The highest BCUT2D eigenvalue weighted by atomic mass is 15.1. The molecule has 5 N–H and O–H groups in total. The van der Waals surface area contributed by atoms with Crippen molar-refractivity contribution in [3.05, 3.63) is 72.8 Å². The average Bonchev–Trinajstić information content (AvgIpc) is 3.34. The minimum Gasteiger partial charge on any atom is -0.381 e. The van der Waals surface area contributed by atoms with E-state index in [1.165, 1.54) is 0 Å². The SMILES string of the molecule is CNc1ncc2cc(-c3c(CNc4ccc5nc[nH]c5c4)ccc4cnc(N)nc34)ccc2n1. The van der Waals surface area contributed by atoms with Crippen LogP contribution in [0.4, 0.5) is 17.6 Å². The van der Waals surface area contributed by atoms with Crippen molar-refractivity contribution in [2.45, 2.75) is 6.54 Å². The number of nitrogens with two attached hydrogens (primary N) is 1. The molecule has 0 aliphatic rings. The van der Waals surface area contributed by atoms with Crippen LogP contribution in [0.5, 0.6) is 0 Å². The van der Waals surface area contributed by atoms with Crippen LogP contribution in [0, 0.1) is 0 Å². The maximum Gasteiger partial charge on any atom is 0.222 e. The van der Waals surface area contributed by atoms with Crippen LogP contribution in [-0.2, 0) is 6.54 Å². The number of nitrogens with zero attached hydrogens (tertiary/aromatic N) is 5. The van der Waals surface area contributed by atoms with Crippen LogP contribution >= 0.6 is 0 Å². The minimum absolute atomic E-state index is 0.242. The lowest BCUT2D eigenvalue weighted by atomic mass is 9.95. The maximum absolute atomic E-state index is 5.98. The summed E-state index contributed by atoms with van der Waals surface area (Å²) in [5.74, 6) is 0.830. The third-order valence-electron chi connectivity index (χ3n) is 5.85. The molecular formula is C25H21N9. The second-order valence-corrected chi connectivity index (χ2v) is 7.97. The van der Waals surface area contributed by atoms with Crippen molar-refractivity contribution in [3.63, 3.8) is 0 Å². The molecule has 34 heavy (non-hydrogen) atoms. The van der Waals surface area contributed by atoms with E-state index in [0.717, 1.165) is 55.2 Å². The van der Waals surface area contributed by atoms with Gasteiger partial charge in [0.2, 0.25) is 11.9 Å². The van der Waals surface area contributed by atoms with Crippen molar-refractivity contribution in [2.24, 2.45) is 0 Å². The topological polar surface area (TPSA) is 130 Å². The summed E-state index contributed by atoms with van der Waals surface area (Å²) >= 11 is 0. The van der Waals surface area contributed by atoms with E-state index in [4.69, 9.17) is 5.73 Å². The molecule has 9 nitrogen and oxygen atoms in total. The molecule has 3 heterocycles. The molecule has 6 aromatic rings. The van der Waals surface area contributed by atoms with Gasteiger partial charge in [-0.3, -0.25) is 0 Å². The molecule has 0 atom stereocenters. The highest BCUT2D eigenvalue weighted by Crippen LogP contribution is 2.33. The monoisotopic (exact) mass is 447 g/mol. The Morgan fingerprint density at radius 2 is 1.76 bits per heavy atom. The number of hydrogen-bond acceptors (Lipinski definition) is 8. The Labute approximate surface area is 194 Å². The van der Waals surface area contributed by atoms with Crippen molar-refractivity contribution in [1.82, 2.24) is 29.9 Å². The van der Waals surface area contributed by atoms with Crippen LogP contribution in [0.15, 0.2) is 67.3 Å². The van der Waals surface area contributed by atoms with E-state index in [0.29, 0.717) is 12.5 Å². The quantitative estimate of drug-likeness (QED) is 0.307. The lowest BCUT2D eigenvalue weighted by Gasteiger charge is -2.15. The summed E-state index contributed by atoms with van der Waals surface area (Å²) in [5.41, 5.74) is 13.7. The summed E-state index contributed by atoms with van der Waals surface area (Å²) < 4.78 is 0. The largest absolute Gasteiger partial charge is 0.381 e. The molecular weight excluding hydrogens is 426 g/mol. The summed E-state index contributed by atoms with van der Waals surface area (Å²) in [6.07, 6.45) is 5.28. The fraction of sp³-hybridized carbons (Fsp3) is 0.0800. The van der Waals surface area contributed by atoms with Crippen LogP contribution in [-0.4, -0.2) is 37.0 Å². The fourth-order valence-corrected chi connectivity index (χ4v) is 4.17. The predicted molar refractivity (Wildman–Crippen MR) is 135 cm³/mol. The Morgan fingerprint density at radius 3 is 2.68 bits per heavy atom. The molecule has 166 valence electrons. The normalized spacial score (nSPS) is 11.3. The van der Waals surface area contributed by atoms with Crippen LogP contribution in [0.25, 0.3) is 44.0 Å². The lowest BCUT2D eigenvalue weighted by molar-refractivity contribution is 1.15. The summed E-state index contributed by atoms with van der Waals surface area (Å²) in [4.78, 5) is 25.1. The van der Waals surface area contributed by atoms with E-state index in [2.05, 4.69) is 64.8 Å². The Balaban J connectivity index is 1.46. The number of hydrogen-bond donors (Lipinski definition) is 4. The van der Waals surface area contributed by atoms with Gasteiger partial charge in [-0.15, -0.1) is 0 Å². The number of nitrogens with one attached hydrogen (secondary N) is 3. The molecule has 0 bridgehead atoms. The van der Waals surface area contributed by atoms with Gasteiger partial charge in [-0.1, -0.05) is 18.2 Å². The number of anilines is 3. The van der Waals surface area contributed by atoms with E-state index < -0.39 is 0 Å². The number of aromatic amines is 1. The molecule has 6 rings (SSSR count). The Morgan fingerprint density at radius 1 is 0.882 bits per heavy atom. The Kier molecular flexibility index (Phi) is 4.65. The van der Waals surface area contributed by atoms with Gasteiger partial charge in [0.05, 0.1) is 28.4 Å². The van der Waals surface area contributed by atoms with Gasteiger partial charge in [-0.2, -0.15) is 0 Å². The minimum atomic E-state index is 0.242. The molecule has 0 fully saturated rings. The second kappa shape index (κ2) is 7.96. The molecule has 0 aliphatic heterocycles. The van der Waals surface area contributed by atoms with Gasteiger partial charge in [0.25, 0.3) is 0 Å². The van der Waals surface area contributed by atoms with Crippen molar-refractivity contribution >= 4 is 50.4 Å². The van der Waals surface area contributed by atoms with Crippen LogP contribution in [0.1, 0.15) is 5.56 Å². The molecule has 3 aromatic heterocycles. The van der Waals surface area contributed by atoms with E-state index in [-0.39, 0.29) is 5.95 Å².